The zero-order chi connectivity index (χ0) is 31.3. The highest BCUT2D eigenvalue weighted by atomic mass is 19.1. The second-order valence-corrected chi connectivity index (χ2v) is 10.9. The van der Waals surface area contributed by atoms with E-state index in [0.717, 1.165) is 75.3 Å². The first kappa shape index (κ1) is 36.7. The molecule has 0 amide bonds. The van der Waals surface area contributed by atoms with E-state index in [4.69, 9.17) is 9.47 Å². The molecule has 0 spiro atoms. The number of carbonyl (C=O) groups is 2. The molecule has 0 aliphatic heterocycles. The highest BCUT2D eigenvalue weighted by molar-refractivity contribution is 5.73. The summed E-state index contributed by atoms with van der Waals surface area (Å²) in [6.45, 7) is 10.9. The minimum absolute atomic E-state index is 0.149. The van der Waals surface area contributed by atoms with E-state index in [1.54, 1.807) is 26.0 Å². The average Bonchev–Trinajstić information content (AvgIpc) is 2.98. The normalized spacial score (nSPS) is 12.0. The van der Waals surface area contributed by atoms with Gasteiger partial charge in [0, 0.05) is 0 Å². The van der Waals surface area contributed by atoms with Gasteiger partial charge in [-0.25, -0.2) is 8.78 Å². The van der Waals surface area contributed by atoms with Crippen LogP contribution < -0.4 is 0 Å². The predicted octanol–water partition coefficient (Wildman–Crippen LogP) is 9.20. The molecule has 0 bridgehead atoms. The van der Waals surface area contributed by atoms with Crippen molar-refractivity contribution in [3.8, 4) is 0 Å². The lowest BCUT2D eigenvalue weighted by molar-refractivity contribution is -0.146. The SMILES string of the molecule is C=CCCCCC[C@H](Cc1ccc(C)c(F)c1)C(=O)OC.C=CCCCCC[C@H](Cc1ccc(F)c(C)c1)C(=O)OC. The lowest BCUT2D eigenvalue weighted by atomic mass is 9.93. The van der Waals surface area contributed by atoms with E-state index in [1.165, 1.54) is 26.4 Å². The zero-order valence-corrected chi connectivity index (χ0v) is 26.1. The number of unbranched alkanes of at least 4 members (excludes halogenated alkanes) is 6. The number of esters is 2. The fourth-order valence-corrected chi connectivity index (χ4v) is 4.82. The lowest BCUT2D eigenvalue weighted by Crippen LogP contribution is -2.19. The Kier molecular flexibility index (Phi) is 18.7. The van der Waals surface area contributed by atoms with Crippen LogP contribution in [-0.4, -0.2) is 26.2 Å². The van der Waals surface area contributed by atoms with Crippen molar-refractivity contribution in [1.29, 1.82) is 0 Å². The number of benzene rings is 2. The molecule has 0 saturated carbocycles. The van der Waals surface area contributed by atoms with Gasteiger partial charge in [-0.05, 0) is 99.6 Å². The molecule has 0 aliphatic rings. The summed E-state index contributed by atoms with van der Waals surface area (Å²) >= 11 is 0. The Bertz CT molecular complexity index is 1020. The third-order valence-electron chi connectivity index (χ3n) is 7.41. The average molecular weight is 585 g/mol. The van der Waals surface area contributed by atoms with Crippen LogP contribution in [0.2, 0.25) is 0 Å². The fourth-order valence-electron chi connectivity index (χ4n) is 4.82. The summed E-state index contributed by atoms with van der Waals surface area (Å²) < 4.78 is 36.6. The maximum atomic E-state index is 13.6. The van der Waals surface area contributed by atoms with Gasteiger partial charge >= 0.3 is 11.9 Å². The highest BCUT2D eigenvalue weighted by Crippen LogP contribution is 2.21. The molecule has 0 unspecified atom stereocenters. The molecule has 42 heavy (non-hydrogen) atoms. The Balaban J connectivity index is 0.000000420. The predicted molar refractivity (Wildman–Crippen MR) is 167 cm³/mol. The van der Waals surface area contributed by atoms with Crippen LogP contribution in [-0.2, 0) is 31.9 Å². The van der Waals surface area contributed by atoms with Crippen LogP contribution in [0.4, 0.5) is 8.78 Å². The maximum Gasteiger partial charge on any atom is 0.308 e. The standard InChI is InChI=1S/2C18H25FO2/c1-4-5-6-7-8-9-16(18(20)21-3)13-15-10-11-17(19)14(2)12-15;1-4-5-6-7-8-9-16(18(20)21-3)12-15-11-10-14(2)17(19)13-15/h4,10-12,16H,1,5-9,13H2,2-3H3;4,10-11,13,16H,1,5-9,12H2,2-3H3/t2*16-/m11/s1. The van der Waals surface area contributed by atoms with Crippen LogP contribution in [0.5, 0.6) is 0 Å². The van der Waals surface area contributed by atoms with E-state index >= 15 is 0 Å². The van der Waals surface area contributed by atoms with E-state index < -0.39 is 0 Å². The Morgan fingerprint density at radius 2 is 1.17 bits per heavy atom. The van der Waals surface area contributed by atoms with Crippen LogP contribution in [0.3, 0.4) is 0 Å². The molecule has 4 nitrogen and oxygen atoms in total. The van der Waals surface area contributed by atoms with Crippen LogP contribution >= 0.6 is 0 Å². The number of hydrogen-bond donors (Lipinski definition) is 0. The van der Waals surface area contributed by atoms with Crippen molar-refractivity contribution < 1.29 is 27.8 Å². The van der Waals surface area contributed by atoms with Gasteiger partial charge < -0.3 is 9.47 Å². The molecular weight excluding hydrogens is 534 g/mol. The summed E-state index contributed by atoms with van der Waals surface area (Å²) in [4.78, 5) is 23.7. The Morgan fingerprint density at radius 3 is 1.60 bits per heavy atom. The number of methoxy groups -OCH3 is 2. The molecule has 0 radical (unpaired) electrons. The molecule has 0 aromatic heterocycles. The van der Waals surface area contributed by atoms with E-state index in [0.29, 0.717) is 24.0 Å². The molecular formula is C36H50F2O4. The smallest absolute Gasteiger partial charge is 0.308 e. The van der Waals surface area contributed by atoms with Crippen molar-refractivity contribution >= 4 is 11.9 Å². The van der Waals surface area contributed by atoms with Gasteiger partial charge in [0.2, 0.25) is 0 Å². The summed E-state index contributed by atoms with van der Waals surface area (Å²) in [6.07, 6.45) is 14.9. The quantitative estimate of drug-likeness (QED) is 0.0996. The van der Waals surface area contributed by atoms with Gasteiger partial charge in [-0.2, -0.15) is 0 Å². The van der Waals surface area contributed by atoms with Gasteiger partial charge in [0.1, 0.15) is 11.6 Å². The first-order chi connectivity index (χ1) is 20.2. The number of rotatable bonds is 18. The lowest BCUT2D eigenvalue weighted by Gasteiger charge is -2.15. The first-order valence-corrected chi connectivity index (χ1v) is 15.0. The minimum Gasteiger partial charge on any atom is -0.469 e. The summed E-state index contributed by atoms with van der Waals surface area (Å²) in [5.41, 5.74) is 3.06. The summed E-state index contributed by atoms with van der Waals surface area (Å²) in [7, 11) is 2.83. The van der Waals surface area contributed by atoms with Crippen LogP contribution in [0.1, 0.15) is 86.5 Å². The second kappa shape index (κ2) is 21.4. The fraction of sp³-hybridized carbons (Fsp3) is 0.500. The van der Waals surface area contributed by atoms with Gasteiger partial charge in [0.05, 0.1) is 26.1 Å². The molecule has 0 aliphatic carbocycles. The van der Waals surface area contributed by atoms with Gasteiger partial charge in [-0.3, -0.25) is 9.59 Å². The van der Waals surface area contributed by atoms with Gasteiger partial charge in [-0.1, -0.05) is 62.1 Å². The maximum absolute atomic E-state index is 13.6. The summed E-state index contributed by atoms with van der Waals surface area (Å²) in [6, 6.07) is 10.2. The van der Waals surface area contributed by atoms with Gasteiger partial charge in [0.15, 0.2) is 0 Å². The van der Waals surface area contributed by atoms with Gasteiger partial charge in [-0.15, -0.1) is 13.2 Å². The van der Waals surface area contributed by atoms with Crippen molar-refractivity contribution in [2.75, 3.05) is 14.2 Å². The minimum atomic E-state index is -0.220. The molecule has 0 N–H and O–H groups in total. The van der Waals surface area contributed by atoms with Crippen molar-refractivity contribution in [2.45, 2.75) is 90.9 Å². The largest absolute Gasteiger partial charge is 0.469 e. The first-order valence-electron chi connectivity index (χ1n) is 15.0. The van der Waals surface area contributed by atoms with Gasteiger partial charge in [0.25, 0.3) is 0 Å². The number of ether oxygens (including phenoxy) is 2. The van der Waals surface area contributed by atoms with E-state index in [9.17, 15) is 18.4 Å². The molecule has 0 fully saturated rings. The van der Waals surface area contributed by atoms with Crippen LogP contribution in [0.25, 0.3) is 0 Å². The van der Waals surface area contributed by atoms with Crippen molar-refractivity contribution in [1.82, 2.24) is 0 Å². The number of hydrogen-bond acceptors (Lipinski definition) is 4. The third-order valence-corrected chi connectivity index (χ3v) is 7.41. The Morgan fingerprint density at radius 1 is 0.690 bits per heavy atom. The molecule has 2 atom stereocenters. The Labute approximate surface area is 252 Å². The van der Waals surface area contributed by atoms with Crippen LogP contribution in [0.15, 0.2) is 61.7 Å². The number of carbonyl (C=O) groups excluding carboxylic acids is 2. The van der Waals surface area contributed by atoms with Crippen LogP contribution in [0, 0.1) is 37.3 Å². The molecule has 0 heterocycles. The topological polar surface area (TPSA) is 52.6 Å². The molecule has 2 aromatic carbocycles. The second-order valence-electron chi connectivity index (χ2n) is 10.9. The van der Waals surface area contributed by atoms with Crippen molar-refractivity contribution in [3.63, 3.8) is 0 Å². The third kappa shape index (κ3) is 14.6. The zero-order valence-electron chi connectivity index (χ0n) is 26.1. The Hall–Kier alpha value is -3.28. The summed E-state index contributed by atoms with van der Waals surface area (Å²) in [5, 5.41) is 0. The van der Waals surface area contributed by atoms with E-state index in [2.05, 4.69) is 13.2 Å². The molecule has 2 aromatic rings. The van der Waals surface area contributed by atoms with E-state index in [-0.39, 0.29) is 35.4 Å². The summed E-state index contributed by atoms with van der Waals surface area (Å²) in [5.74, 6) is -1.16. The van der Waals surface area contributed by atoms with E-state index in [1.807, 2.05) is 24.3 Å². The van der Waals surface area contributed by atoms with Crippen molar-refractivity contribution in [2.24, 2.45) is 11.8 Å². The molecule has 232 valence electrons. The molecule has 2 rings (SSSR count). The monoisotopic (exact) mass is 584 g/mol. The number of aryl methyl sites for hydroxylation is 2. The molecule has 6 heteroatoms. The highest BCUT2D eigenvalue weighted by Gasteiger charge is 2.20. The molecule has 0 saturated heterocycles. The van der Waals surface area contributed by atoms with Crippen molar-refractivity contribution in [3.05, 3.63) is 95.6 Å². The number of allylic oxidation sites excluding steroid dienone is 2. The number of halogens is 2.